The molecule has 0 radical (unpaired) electrons. The SMILES string of the molecule is FC(F)(F)c1ccc(Cn2cnc3c(Nc4ccccc4)nc(NCc4ccc5c(c4)OCO5)nc32)cc1. The smallest absolute Gasteiger partial charge is 0.416 e. The van der Waals surface area contributed by atoms with Gasteiger partial charge in [0.15, 0.2) is 28.5 Å². The second-order valence-corrected chi connectivity index (χ2v) is 8.67. The molecule has 8 nitrogen and oxygen atoms in total. The molecule has 0 aliphatic carbocycles. The molecule has 0 amide bonds. The summed E-state index contributed by atoms with van der Waals surface area (Å²) in [6.45, 7) is 0.918. The number of alkyl halides is 3. The first-order valence-electron chi connectivity index (χ1n) is 11.8. The van der Waals surface area contributed by atoms with Crippen LogP contribution in [-0.4, -0.2) is 26.3 Å². The van der Waals surface area contributed by atoms with Crippen molar-refractivity contribution in [3.8, 4) is 11.5 Å². The zero-order chi connectivity index (χ0) is 26.1. The highest BCUT2D eigenvalue weighted by atomic mass is 19.4. The van der Waals surface area contributed by atoms with Crippen LogP contribution < -0.4 is 20.1 Å². The molecule has 0 bridgehead atoms. The van der Waals surface area contributed by atoms with Gasteiger partial charge in [0.25, 0.3) is 0 Å². The Morgan fingerprint density at radius 3 is 2.42 bits per heavy atom. The number of benzene rings is 3. The fourth-order valence-electron chi connectivity index (χ4n) is 4.11. The van der Waals surface area contributed by atoms with Crippen molar-refractivity contribution in [2.75, 3.05) is 17.4 Å². The van der Waals surface area contributed by atoms with Crippen molar-refractivity contribution in [1.29, 1.82) is 0 Å². The lowest BCUT2D eigenvalue weighted by molar-refractivity contribution is -0.137. The zero-order valence-electron chi connectivity index (χ0n) is 19.9. The van der Waals surface area contributed by atoms with E-state index in [-0.39, 0.29) is 13.3 Å². The van der Waals surface area contributed by atoms with Crippen LogP contribution in [0.4, 0.5) is 30.6 Å². The monoisotopic (exact) mass is 518 g/mol. The number of aromatic nitrogens is 4. The largest absolute Gasteiger partial charge is 0.454 e. The maximum atomic E-state index is 13.0. The molecule has 2 N–H and O–H groups in total. The molecule has 3 aromatic carbocycles. The van der Waals surface area contributed by atoms with E-state index >= 15 is 0 Å². The number of para-hydroxylation sites is 1. The summed E-state index contributed by atoms with van der Waals surface area (Å²) in [6, 6.07) is 20.3. The second-order valence-electron chi connectivity index (χ2n) is 8.67. The number of hydrogen-bond acceptors (Lipinski definition) is 7. The molecule has 3 heterocycles. The summed E-state index contributed by atoms with van der Waals surface area (Å²) >= 11 is 0. The summed E-state index contributed by atoms with van der Waals surface area (Å²) in [6.07, 6.45) is -2.78. The summed E-state index contributed by atoms with van der Waals surface area (Å²) in [5.74, 6) is 2.25. The molecule has 0 fully saturated rings. The van der Waals surface area contributed by atoms with E-state index < -0.39 is 11.7 Å². The second kappa shape index (κ2) is 9.58. The summed E-state index contributed by atoms with van der Waals surface area (Å²) in [5.41, 5.74) is 2.84. The third kappa shape index (κ3) is 4.90. The third-order valence-corrected chi connectivity index (χ3v) is 6.02. The van der Waals surface area contributed by atoms with Crippen LogP contribution in [0, 0.1) is 0 Å². The lowest BCUT2D eigenvalue weighted by atomic mass is 10.1. The minimum Gasteiger partial charge on any atom is -0.454 e. The van der Waals surface area contributed by atoms with Gasteiger partial charge < -0.3 is 24.7 Å². The minimum absolute atomic E-state index is 0.198. The summed E-state index contributed by atoms with van der Waals surface area (Å²) in [5, 5.41) is 6.54. The Morgan fingerprint density at radius 2 is 1.63 bits per heavy atom. The first-order valence-corrected chi connectivity index (χ1v) is 11.8. The Bertz CT molecular complexity index is 1590. The van der Waals surface area contributed by atoms with Crippen molar-refractivity contribution >= 4 is 28.6 Å². The Balaban J connectivity index is 1.31. The number of nitrogens with one attached hydrogen (secondary N) is 2. The zero-order valence-corrected chi connectivity index (χ0v) is 19.9. The van der Waals surface area contributed by atoms with Crippen LogP contribution in [0.25, 0.3) is 11.2 Å². The van der Waals surface area contributed by atoms with Crippen molar-refractivity contribution in [3.05, 3.63) is 95.8 Å². The van der Waals surface area contributed by atoms with Gasteiger partial charge in [0.05, 0.1) is 18.4 Å². The fraction of sp³-hybridized carbons (Fsp3) is 0.148. The molecule has 0 spiro atoms. The minimum atomic E-state index is -4.38. The number of rotatable bonds is 7. The van der Waals surface area contributed by atoms with E-state index in [0.717, 1.165) is 23.4 Å². The standard InChI is InChI=1S/C27H21F3N6O2/c28-27(29,30)19-9-6-17(7-10-19)14-36-15-32-23-24(33-20-4-2-1-3-5-20)34-26(35-25(23)36)31-13-18-8-11-21-22(12-18)38-16-37-21/h1-12,15H,13-14,16H2,(H2,31,33,34,35). The van der Waals surface area contributed by atoms with Gasteiger partial charge in [-0.2, -0.15) is 23.1 Å². The van der Waals surface area contributed by atoms with Gasteiger partial charge in [0.1, 0.15) is 0 Å². The van der Waals surface area contributed by atoms with Crippen LogP contribution in [0.15, 0.2) is 79.1 Å². The number of halogens is 3. The lowest BCUT2D eigenvalue weighted by Gasteiger charge is -2.12. The van der Waals surface area contributed by atoms with E-state index in [9.17, 15) is 13.2 Å². The fourth-order valence-corrected chi connectivity index (χ4v) is 4.11. The van der Waals surface area contributed by atoms with Crippen molar-refractivity contribution in [2.24, 2.45) is 0 Å². The maximum absolute atomic E-state index is 13.0. The molecule has 1 aliphatic heterocycles. The van der Waals surface area contributed by atoms with Crippen molar-refractivity contribution in [1.82, 2.24) is 19.5 Å². The molecule has 0 saturated heterocycles. The van der Waals surface area contributed by atoms with Crippen molar-refractivity contribution < 1.29 is 22.6 Å². The highest BCUT2D eigenvalue weighted by Crippen LogP contribution is 2.33. The molecule has 0 atom stereocenters. The normalized spacial score (nSPS) is 12.6. The van der Waals surface area contributed by atoms with Crippen LogP contribution in [-0.2, 0) is 19.3 Å². The summed E-state index contributed by atoms with van der Waals surface area (Å²) in [4.78, 5) is 13.8. The van der Waals surface area contributed by atoms with Gasteiger partial charge in [0.2, 0.25) is 12.7 Å². The van der Waals surface area contributed by atoms with Crippen LogP contribution in [0.3, 0.4) is 0 Å². The molecule has 11 heteroatoms. The average molecular weight is 518 g/mol. The predicted octanol–water partition coefficient (Wildman–Crippen LogP) is 5.98. The highest BCUT2D eigenvalue weighted by molar-refractivity contribution is 5.86. The van der Waals surface area contributed by atoms with Crippen LogP contribution in [0.1, 0.15) is 16.7 Å². The first-order chi connectivity index (χ1) is 18.4. The number of imidazole rings is 1. The topological polar surface area (TPSA) is 86.1 Å². The summed E-state index contributed by atoms with van der Waals surface area (Å²) < 4.78 is 51.5. The molecule has 0 unspecified atom stereocenters. The average Bonchev–Trinajstić information content (AvgIpc) is 3.55. The molecule has 5 aromatic rings. The predicted molar refractivity (Wildman–Crippen MR) is 135 cm³/mol. The number of hydrogen-bond donors (Lipinski definition) is 2. The van der Waals surface area contributed by atoms with E-state index in [1.165, 1.54) is 12.1 Å². The Morgan fingerprint density at radius 1 is 0.868 bits per heavy atom. The van der Waals surface area contributed by atoms with Gasteiger partial charge in [-0.15, -0.1) is 0 Å². The van der Waals surface area contributed by atoms with E-state index in [2.05, 4.69) is 25.6 Å². The van der Waals surface area contributed by atoms with Gasteiger partial charge in [-0.3, -0.25) is 0 Å². The van der Waals surface area contributed by atoms with Gasteiger partial charge in [-0.25, -0.2) is 4.98 Å². The van der Waals surface area contributed by atoms with Gasteiger partial charge in [-0.1, -0.05) is 36.4 Å². The van der Waals surface area contributed by atoms with Gasteiger partial charge in [-0.05, 0) is 47.5 Å². The van der Waals surface area contributed by atoms with Crippen molar-refractivity contribution in [3.63, 3.8) is 0 Å². The highest BCUT2D eigenvalue weighted by Gasteiger charge is 2.30. The molecule has 1 aliphatic rings. The van der Waals surface area contributed by atoms with E-state index in [0.29, 0.717) is 46.5 Å². The Kier molecular flexibility index (Phi) is 5.95. The maximum Gasteiger partial charge on any atom is 0.416 e. The quantitative estimate of drug-likeness (QED) is 0.274. The van der Waals surface area contributed by atoms with Crippen molar-refractivity contribution in [2.45, 2.75) is 19.3 Å². The van der Waals surface area contributed by atoms with Crippen LogP contribution in [0.5, 0.6) is 11.5 Å². The first kappa shape index (κ1) is 23.6. The van der Waals surface area contributed by atoms with Crippen LogP contribution >= 0.6 is 0 Å². The van der Waals surface area contributed by atoms with E-state index in [1.54, 1.807) is 10.9 Å². The molecule has 192 valence electrons. The van der Waals surface area contributed by atoms with E-state index in [1.807, 2.05) is 48.5 Å². The molecular formula is C27H21F3N6O2. The molecule has 0 saturated carbocycles. The number of anilines is 3. The Labute approximate surface area is 215 Å². The Hall–Kier alpha value is -4.80. The van der Waals surface area contributed by atoms with E-state index in [4.69, 9.17) is 9.47 Å². The van der Waals surface area contributed by atoms with Gasteiger partial charge >= 0.3 is 6.18 Å². The summed E-state index contributed by atoms with van der Waals surface area (Å²) in [7, 11) is 0. The van der Waals surface area contributed by atoms with Gasteiger partial charge in [0, 0.05) is 12.2 Å². The molecule has 38 heavy (non-hydrogen) atoms. The number of fused-ring (bicyclic) bond motifs is 2. The molecule has 2 aromatic heterocycles. The number of ether oxygens (including phenoxy) is 2. The number of nitrogens with zero attached hydrogens (tertiary/aromatic N) is 4. The van der Waals surface area contributed by atoms with Crippen LogP contribution in [0.2, 0.25) is 0 Å². The lowest BCUT2D eigenvalue weighted by Crippen LogP contribution is -2.08. The molecule has 6 rings (SSSR count). The third-order valence-electron chi connectivity index (χ3n) is 6.02. The molecular weight excluding hydrogens is 497 g/mol.